The number of nitrogens with two attached hydrogens (primary N) is 1. The van der Waals surface area contributed by atoms with Gasteiger partial charge in [0.05, 0.1) is 6.10 Å². The highest BCUT2D eigenvalue weighted by Crippen LogP contribution is 2.45. The van der Waals surface area contributed by atoms with Crippen molar-refractivity contribution in [3.63, 3.8) is 0 Å². The standard InChI is InChI=1S/C17H20N2O/c18-12-17(16(20)14-7-4-10-19-11-14)9-3-6-13-5-1-2-8-15(13)17/h1-2,4-5,7-8,10-11,16,20H,3,6,9,12,18H2. The van der Waals surface area contributed by atoms with Crippen LogP contribution in [0, 0.1) is 0 Å². The number of aryl methyl sites for hydroxylation is 1. The number of hydrogen-bond acceptors (Lipinski definition) is 3. The van der Waals surface area contributed by atoms with Crippen molar-refractivity contribution in [1.82, 2.24) is 4.98 Å². The van der Waals surface area contributed by atoms with Gasteiger partial charge in [-0.1, -0.05) is 30.3 Å². The number of pyridine rings is 1. The third-order valence-corrected chi connectivity index (χ3v) is 4.51. The lowest BCUT2D eigenvalue weighted by atomic mass is 9.65. The van der Waals surface area contributed by atoms with Gasteiger partial charge in [-0.3, -0.25) is 4.98 Å². The van der Waals surface area contributed by atoms with Gasteiger partial charge in [0.2, 0.25) is 0 Å². The molecule has 1 aliphatic carbocycles. The van der Waals surface area contributed by atoms with E-state index in [0.29, 0.717) is 6.54 Å². The lowest BCUT2D eigenvalue weighted by molar-refractivity contribution is 0.0715. The average Bonchev–Trinajstić information content (AvgIpc) is 2.54. The molecule has 0 spiro atoms. The van der Waals surface area contributed by atoms with E-state index in [2.05, 4.69) is 23.2 Å². The largest absolute Gasteiger partial charge is 0.387 e. The topological polar surface area (TPSA) is 59.1 Å². The first kappa shape index (κ1) is 13.3. The second-order valence-electron chi connectivity index (χ2n) is 5.56. The van der Waals surface area contributed by atoms with Crippen LogP contribution in [-0.4, -0.2) is 16.6 Å². The number of aliphatic hydroxyl groups is 1. The number of nitrogens with zero attached hydrogens (tertiary/aromatic N) is 1. The fourth-order valence-corrected chi connectivity index (χ4v) is 3.42. The SMILES string of the molecule is NCC1(C(O)c2cccnc2)CCCc2ccccc21. The Morgan fingerprint density at radius 2 is 2.10 bits per heavy atom. The van der Waals surface area contributed by atoms with E-state index in [1.807, 2.05) is 18.2 Å². The van der Waals surface area contributed by atoms with Crippen molar-refractivity contribution in [3.8, 4) is 0 Å². The fourth-order valence-electron chi connectivity index (χ4n) is 3.42. The molecule has 0 bridgehead atoms. The Balaban J connectivity index is 2.09. The first-order valence-corrected chi connectivity index (χ1v) is 7.14. The van der Waals surface area contributed by atoms with Gasteiger partial charge in [-0.15, -0.1) is 0 Å². The average molecular weight is 268 g/mol. The van der Waals surface area contributed by atoms with Crippen LogP contribution < -0.4 is 5.73 Å². The summed E-state index contributed by atoms with van der Waals surface area (Å²) in [4.78, 5) is 4.12. The second kappa shape index (κ2) is 5.35. The molecule has 0 saturated heterocycles. The molecule has 0 amide bonds. The van der Waals surface area contributed by atoms with E-state index in [-0.39, 0.29) is 0 Å². The molecule has 3 nitrogen and oxygen atoms in total. The molecule has 2 atom stereocenters. The van der Waals surface area contributed by atoms with Crippen LogP contribution in [0.25, 0.3) is 0 Å². The monoisotopic (exact) mass is 268 g/mol. The minimum absolute atomic E-state index is 0.391. The van der Waals surface area contributed by atoms with Crippen LogP contribution in [0.5, 0.6) is 0 Å². The third-order valence-electron chi connectivity index (χ3n) is 4.51. The Morgan fingerprint density at radius 3 is 2.85 bits per heavy atom. The maximum absolute atomic E-state index is 10.9. The molecule has 20 heavy (non-hydrogen) atoms. The summed E-state index contributed by atoms with van der Waals surface area (Å²) in [5, 5.41) is 10.9. The summed E-state index contributed by atoms with van der Waals surface area (Å²) in [7, 11) is 0. The van der Waals surface area contributed by atoms with Crippen LogP contribution >= 0.6 is 0 Å². The molecule has 1 aliphatic rings. The molecule has 0 fully saturated rings. The van der Waals surface area contributed by atoms with Crippen molar-refractivity contribution in [2.45, 2.75) is 30.8 Å². The molecule has 2 unspecified atom stereocenters. The Hall–Kier alpha value is -1.71. The molecule has 2 aromatic rings. The molecule has 3 N–H and O–H groups in total. The molecular weight excluding hydrogens is 248 g/mol. The second-order valence-corrected chi connectivity index (χ2v) is 5.56. The molecule has 3 rings (SSSR count). The van der Waals surface area contributed by atoms with Crippen molar-refractivity contribution in [3.05, 3.63) is 65.5 Å². The van der Waals surface area contributed by atoms with Gasteiger partial charge in [0, 0.05) is 24.4 Å². The van der Waals surface area contributed by atoms with E-state index in [1.165, 1.54) is 11.1 Å². The number of aliphatic hydroxyl groups excluding tert-OH is 1. The quantitative estimate of drug-likeness (QED) is 0.898. The van der Waals surface area contributed by atoms with Crippen molar-refractivity contribution in [2.24, 2.45) is 5.73 Å². The van der Waals surface area contributed by atoms with E-state index >= 15 is 0 Å². The summed E-state index contributed by atoms with van der Waals surface area (Å²) in [5.74, 6) is 0. The Labute approximate surface area is 119 Å². The van der Waals surface area contributed by atoms with Crippen LogP contribution in [0.15, 0.2) is 48.8 Å². The van der Waals surface area contributed by atoms with Crippen LogP contribution in [0.3, 0.4) is 0 Å². The van der Waals surface area contributed by atoms with Crippen LogP contribution in [0.1, 0.15) is 35.6 Å². The smallest absolute Gasteiger partial charge is 0.0913 e. The van der Waals surface area contributed by atoms with Gasteiger partial charge in [-0.05, 0) is 42.0 Å². The van der Waals surface area contributed by atoms with Crippen LogP contribution in [-0.2, 0) is 11.8 Å². The van der Waals surface area contributed by atoms with E-state index < -0.39 is 11.5 Å². The van der Waals surface area contributed by atoms with E-state index in [9.17, 15) is 5.11 Å². The molecule has 1 heterocycles. The third kappa shape index (κ3) is 2.03. The highest BCUT2D eigenvalue weighted by atomic mass is 16.3. The first-order chi connectivity index (χ1) is 9.78. The minimum atomic E-state index is -0.609. The maximum Gasteiger partial charge on any atom is 0.0913 e. The summed E-state index contributed by atoms with van der Waals surface area (Å²) in [6.45, 7) is 0.445. The van der Waals surface area contributed by atoms with Gasteiger partial charge in [0.1, 0.15) is 0 Å². The Morgan fingerprint density at radius 1 is 1.25 bits per heavy atom. The molecular formula is C17H20N2O. The molecule has 3 heteroatoms. The first-order valence-electron chi connectivity index (χ1n) is 7.14. The van der Waals surface area contributed by atoms with Gasteiger partial charge in [0.25, 0.3) is 0 Å². The summed E-state index contributed by atoms with van der Waals surface area (Å²) >= 11 is 0. The number of benzene rings is 1. The van der Waals surface area contributed by atoms with Crippen molar-refractivity contribution < 1.29 is 5.11 Å². The van der Waals surface area contributed by atoms with Gasteiger partial charge in [-0.2, -0.15) is 0 Å². The summed E-state index contributed by atoms with van der Waals surface area (Å²) in [6.07, 6.45) is 5.89. The van der Waals surface area contributed by atoms with Gasteiger partial charge in [0.15, 0.2) is 0 Å². The Kier molecular flexibility index (Phi) is 3.55. The maximum atomic E-state index is 10.9. The summed E-state index contributed by atoms with van der Waals surface area (Å²) < 4.78 is 0. The summed E-state index contributed by atoms with van der Waals surface area (Å²) in [5.41, 5.74) is 9.07. The predicted molar refractivity (Wildman–Crippen MR) is 79.3 cm³/mol. The normalized spacial score (nSPS) is 23.1. The van der Waals surface area contributed by atoms with E-state index in [1.54, 1.807) is 12.4 Å². The number of fused-ring (bicyclic) bond motifs is 1. The molecule has 0 radical (unpaired) electrons. The van der Waals surface area contributed by atoms with Gasteiger partial charge < -0.3 is 10.8 Å². The molecule has 0 aliphatic heterocycles. The number of hydrogen-bond donors (Lipinski definition) is 2. The van der Waals surface area contributed by atoms with Gasteiger partial charge in [-0.25, -0.2) is 0 Å². The van der Waals surface area contributed by atoms with Crippen molar-refractivity contribution >= 4 is 0 Å². The zero-order valence-corrected chi connectivity index (χ0v) is 11.5. The lowest BCUT2D eigenvalue weighted by Crippen LogP contribution is -2.43. The minimum Gasteiger partial charge on any atom is -0.387 e. The van der Waals surface area contributed by atoms with Crippen LogP contribution in [0.4, 0.5) is 0 Å². The number of aromatic nitrogens is 1. The fraction of sp³-hybridized carbons (Fsp3) is 0.353. The lowest BCUT2D eigenvalue weighted by Gasteiger charge is -2.42. The van der Waals surface area contributed by atoms with Crippen molar-refractivity contribution in [1.29, 1.82) is 0 Å². The van der Waals surface area contributed by atoms with Gasteiger partial charge >= 0.3 is 0 Å². The Bertz CT molecular complexity index is 585. The molecule has 1 aromatic carbocycles. The highest BCUT2D eigenvalue weighted by molar-refractivity contribution is 5.40. The highest BCUT2D eigenvalue weighted by Gasteiger charge is 2.42. The summed E-state index contributed by atoms with van der Waals surface area (Å²) in [6, 6.07) is 12.1. The zero-order valence-electron chi connectivity index (χ0n) is 11.5. The molecule has 104 valence electrons. The molecule has 0 saturated carbocycles. The zero-order chi connectivity index (χ0) is 14.0. The number of rotatable bonds is 3. The van der Waals surface area contributed by atoms with E-state index in [0.717, 1.165) is 24.8 Å². The predicted octanol–water partition coefficient (Wildman–Crippen LogP) is 2.35. The van der Waals surface area contributed by atoms with E-state index in [4.69, 9.17) is 5.73 Å². The van der Waals surface area contributed by atoms with Crippen molar-refractivity contribution in [2.75, 3.05) is 6.54 Å². The molecule has 1 aromatic heterocycles. The van der Waals surface area contributed by atoms with Crippen LogP contribution in [0.2, 0.25) is 0 Å².